The zero-order chi connectivity index (χ0) is 17.3. The van der Waals surface area contributed by atoms with Gasteiger partial charge < -0.3 is 14.5 Å². The number of carbonyl (C=O) groups excluding carboxylic acids is 1. The van der Waals surface area contributed by atoms with Crippen molar-refractivity contribution in [3.8, 4) is 11.5 Å². The van der Waals surface area contributed by atoms with Gasteiger partial charge in [0.05, 0.1) is 6.10 Å². The molecule has 0 saturated carbocycles. The first-order chi connectivity index (χ1) is 11.3. The van der Waals surface area contributed by atoms with Gasteiger partial charge in [0.15, 0.2) is 0 Å². The standard InChI is InChI=1S/C17H20FN3O3/c1-17(2)9-13(22)7-8-21(10-17)16(23)14-19-15(24-20-14)11-3-5-12(18)6-4-11/h3-6,13,22H,7-10H2,1-2H3. The SMILES string of the molecule is CC1(C)CC(O)CCN(C(=O)c2noc(-c3ccc(F)cc3)n2)C1. The molecule has 1 fully saturated rings. The quantitative estimate of drug-likeness (QED) is 0.913. The van der Waals surface area contributed by atoms with E-state index in [-0.39, 0.29) is 28.9 Å². The first kappa shape index (κ1) is 16.6. The molecule has 1 aromatic carbocycles. The van der Waals surface area contributed by atoms with Gasteiger partial charge in [-0.05, 0) is 42.5 Å². The van der Waals surface area contributed by atoms with Gasteiger partial charge in [0.25, 0.3) is 17.6 Å². The van der Waals surface area contributed by atoms with Crippen molar-refractivity contribution in [3.63, 3.8) is 0 Å². The average molecular weight is 333 g/mol. The fraction of sp³-hybridized carbons (Fsp3) is 0.471. The maximum Gasteiger partial charge on any atom is 0.295 e. The fourth-order valence-corrected chi connectivity index (χ4v) is 3.04. The highest BCUT2D eigenvalue weighted by molar-refractivity contribution is 5.90. The molecule has 24 heavy (non-hydrogen) atoms. The summed E-state index contributed by atoms with van der Waals surface area (Å²) >= 11 is 0. The van der Waals surface area contributed by atoms with Crippen molar-refractivity contribution in [1.82, 2.24) is 15.0 Å². The van der Waals surface area contributed by atoms with Crippen LogP contribution in [0.25, 0.3) is 11.5 Å². The Morgan fingerprint density at radius 1 is 1.38 bits per heavy atom. The Morgan fingerprint density at radius 3 is 2.79 bits per heavy atom. The zero-order valence-corrected chi connectivity index (χ0v) is 13.7. The highest BCUT2D eigenvalue weighted by atomic mass is 19.1. The van der Waals surface area contributed by atoms with E-state index in [1.807, 2.05) is 13.8 Å². The van der Waals surface area contributed by atoms with Gasteiger partial charge in [0.2, 0.25) is 0 Å². The van der Waals surface area contributed by atoms with Crippen molar-refractivity contribution in [2.75, 3.05) is 13.1 Å². The third-order valence-corrected chi connectivity index (χ3v) is 4.14. The van der Waals surface area contributed by atoms with Crippen molar-refractivity contribution in [3.05, 3.63) is 35.9 Å². The van der Waals surface area contributed by atoms with Crippen LogP contribution in [-0.2, 0) is 0 Å². The summed E-state index contributed by atoms with van der Waals surface area (Å²) in [6, 6.07) is 5.62. The molecule has 0 radical (unpaired) electrons. The van der Waals surface area contributed by atoms with E-state index in [1.54, 1.807) is 4.90 Å². The summed E-state index contributed by atoms with van der Waals surface area (Å²) < 4.78 is 18.1. The van der Waals surface area contributed by atoms with Gasteiger partial charge >= 0.3 is 0 Å². The van der Waals surface area contributed by atoms with Crippen LogP contribution in [0.15, 0.2) is 28.8 Å². The third-order valence-electron chi connectivity index (χ3n) is 4.14. The van der Waals surface area contributed by atoms with Gasteiger partial charge in [0, 0.05) is 18.7 Å². The first-order valence-corrected chi connectivity index (χ1v) is 7.91. The summed E-state index contributed by atoms with van der Waals surface area (Å²) in [4.78, 5) is 18.4. The molecule has 1 N–H and O–H groups in total. The smallest absolute Gasteiger partial charge is 0.295 e. The number of nitrogens with zero attached hydrogens (tertiary/aromatic N) is 3. The molecule has 2 aromatic rings. The molecule has 0 spiro atoms. The lowest BCUT2D eigenvalue weighted by Gasteiger charge is -2.28. The molecule has 2 heterocycles. The molecule has 1 atom stereocenters. The Balaban J connectivity index is 1.79. The van der Waals surface area contributed by atoms with Crippen LogP contribution in [0.1, 0.15) is 37.3 Å². The number of hydrogen-bond acceptors (Lipinski definition) is 5. The van der Waals surface area contributed by atoms with Crippen molar-refractivity contribution >= 4 is 5.91 Å². The average Bonchev–Trinajstić information content (AvgIpc) is 2.95. The maximum atomic E-state index is 13.0. The molecule has 128 valence electrons. The van der Waals surface area contributed by atoms with Crippen molar-refractivity contribution in [1.29, 1.82) is 0 Å². The number of aliphatic hydroxyl groups excluding tert-OH is 1. The lowest BCUT2D eigenvalue weighted by atomic mass is 9.87. The van der Waals surface area contributed by atoms with E-state index in [1.165, 1.54) is 24.3 Å². The monoisotopic (exact) mass is 333 g/mol. The van der Waals surface area contributed by atoms with Crippen LogP contribution in [0.2, 0.25) is 0 Å². The summed E-state index contributed by atoms with van der Waals surface area (Å²) in [5.41, 5.74) is 0.365. The number of likely N-dealkylation sites (tertiary alicyclic amines) is 1. The molecule has 0 bridgehead atoms. The van der Waals surface area contributed by atoms with Crippen LogP contribution in [0.4, 0.5) is 4.39 Å². The Hall–Kier alpha value is -2.28. The molecule has 1 amide bonds. The summed E-state index contributed by atoms with van der Waals surface area (Å²) in [5.74, 6) is -0.539. The van der Waals surface area contributed by atoms with Crippen LogP contribution in [0, 0.1) is 11.2 Å². The third kappa shape index (κ3) is 3.62. The molecule has 7 heteroatoms. The summed E-state index contributed by atoms with van der Waals surface area (Å²) in [5, 5.41) is 13.7. The van der Waals surface area contributed by atoms with Crippen LogP contribution in [0.5, 0.6) is 0 Å². The molecule has 1 aliphatic rings. The van der Waals surface area contributed by atoms with Gasteiger partial charge in [-0.3, -0.25) is 4.79 Å². The maximum absolute atomic E-state index is 13.0. The number of rotatable bonds is 2. The molecule has 1 saturated heterocycles. The minimum Gasteiger partial charge on any atom is -0.393 e. The van der Waals surface area contributed by atoms with E-state index in [2.05, 4.69) is 10.1 Å². The molecule has 1 unspecified atom stereocenters. The minimum absolute atomic E-state index is 0.0264. The molecule has 6 nitrogen and oxygen atoms in total. The second-order valence-electron chi connectivity index (χ2n) is 6.97. The van der Waals surface area contributed by atoms with Crippen molar-refractivity contribution in [2.45, 2.75) is 32.8 Å². The normalized spacial score (nSPS) is 20.7. The Kier molecular flexibility index (Phi) is 4.36. The first-order valence-electron chi connectivity index (χ1n) is 7.91. The number of aromatic nitrogens is 2. The molecular weight excluding hydrogens is 313 g/mol. The molecule has 3 rings (SSSR count). The number of hydrogen-bond donors (Lipinski definition) is 1. The number of carbonyl (C=O) groups is 1. The number of aliphatic hydroxyl groups is 1. The number of benzene rings is 1. The van der Waals surface area contributed by atoms with Gasteiger partial charge in [-0.15, -0.1) is 0 Å². The summed E-state index contributed by atoms with van der Waals surface area (Å²) in [6.07, 6.45) is 0.750. The van der Waals surface area contributed by atoms with E-state index in [9.17, 15) is 14.3 Å². The van der Waals surface area contributed by atoms with E-state index in [0.29, 0.717) is 31.5 Å². The van der Waals surface area contributed by atoms with Crippen LogP contribution >= 0.6 is 0 Å². The molecular formula is C17H20FN3O3. The predicted molar refractivity (Wildman–Crippen MR) is 84.6 cm³/mol. The second kappa shape index (κ2) is 6.32. The highest BCUT2D eigenvalue weighted by Gasteiger charge is 2.33. The number of amides is 1. The van der Waals surface area contributed by atoms with Gasteiger partial charge in [-0.2, -0.15) is 4.98 Å². The van der Waals surface area contributed by atoms with E-state index < -0.39 is 6.10 Å². The summed E-state index contributed by atoms with van der Waals surface area (Å²) in [7, 11) is 0. The lowest BCUT2D eigenvalue weighted by molar-refractivity contribution is 0.0689. The van der Waals surface area contributed by atoms with Crippen LogP contribution in [0.3, 0.4) is 0 Å². The van der Waals surface area contributed by atoms with Crippen LogP contribution < -0.4 is 0 Å². The van der Waals surface area contributed by atoms with Gasteiger partial charge in [-0.25, -0.2) is 4.39 Å². The fourth-order valence-electron chi connectivity index (χ4n) is 3.04. The summed E-state index contributed by atoms with van der Waals surface area (Å²) in [6.45, 7) is 5.00. The van der Waals surface area contributed by atoms with Crippen molar-refractivity contribution < 1.29 is 18.8 Å². The van der Waals surface area contributed by atoms with Gasteiger partial charge in [0.1, 0.15) is 5.82 Å². The predicted octanol–water partition coefficient (Wildman–Crippen LogP) is 2.50. The Labute approximate surface area is 139 Å². The lowest BCUT2D eigenvalue weighted by Crippen LogP contribution is -2.38. The van der Waals surface area contributed by atoms with Gasteiger partial charge in [-0.1, -0.05) is 19.0 Å². The Morgan fingerprint density at radius 2 is 2.08 bits per heavy atom. The second-order valence-corrected chi connectivity index (χ2v) is 6.97. The van der Waals surface area contributed by atoms with Crippen molar-refractivity contribution in [2.24, 2.45) is 5.41 Å². The van der Waals surface area contributed by atoms with E-state index in [0.717, 1.165) is 0 Å². The molecule has 1 aliphatic heterocycles. The molecule has 1 aromatic heterocycles. The topological polar surface area (TPSA) is 79.5 Å². The van der Waals surface area contributed by atoms with E-state index >= 15 is 0 Å². The largest absolute Gasteiger partial charge is 0.393 e. The van der Waals surface area contributed by atoms with Crippen LogP contribution in [-0.4, -0.2) is 45.2 Å². The Bertz CT molecular complexity index is 727. The zero-order valence-electron chi connectivity index (χ0n) is 13.7. The minimum atomic E-state index is -0.419. The molecule has 0 aliphatic carbocycles. The van der Waals surface area contributed by atoms with E-state index in [4.69, 9.17) is 4.52 Å². The highest BCUT2D eigenvalue weighted by Crippen LogP contribution is 2.29. The number of halogens is 1.